The van der Waals surface area contributed by atoms with Crippen molar-refractivity contribution in [3.63, 3.8) is 0 Å². The van der Waals surface area contributed by atoms with Gasteiger partial charge in [-0.3, -0.25) is 4.79 Å². The smallest absolute Gasteiger partial charge is 0.302 e. The first-order valence-corrected chi connectivity index (χ1v) is 5.39. The fourth-order valence-corrected chi connectivity index (χ4v) is 2.28. The lowest BCUT2D eigenvalue weighted by Gasteiger charge is -2.26. The van der Waals surface area contributed by atoms with Gasteiger partial charge in [0.25, 0.3) is 0 Å². The van der Waals surface area contributed by atoms with E-state index in [9.17, 15) is 4.79 Å². The Bertz CT molecular complexity index is 218. The molecule has 14 heavy (non-hydrogen) atoms. The highest BCUT2D eigenvalue weighted by Gasteiger charge is 2.18. The monoisotopic (exact) mass is 196 g/mol. The second-order valence-corrected chi connectivity index (χ2v) is 4.52. The lowest BCUT2D eigenvalue weighted by molar-refractivity contribution is -0.139. The van der Waals surface area contributed by atoms with Crippen LogP contribution in [-0.2, 0) is 9.53 Å². The van der Waals surface area contributed by atoms with Crippen molar-refractivity contribution in [1.29, 1.82) is 0 Å². The molecular weight excluding hydrogens is 176 g/mol. The molecule has 0 amide bonds. The Labute approximate surface area is 86.3 Å². The van der Waals surface area contributed by atoms with E-state index >= 15 is 0 Å². The number of hydrogen-bond donors (Lipinski definition) is 0. The highest BCUT2D eigenvalue weighted by Crippen LogP contribution is 2.31. The van der Waals surface area contributed by atoms with Crippen LogP contribution >= 0.6 is 0 Å². The molecule has 0 saturated heterocycles. The lowest BCUT2D eigenvalue weighted by atomic mass is 9.80. The summed E-state index contributed by atoms with van der Waals surface area (Å²) in [5.74, 6) is 1.36. The van der Waals surface area contributed by atoms with Crippen molar-refractivity contribution in [2.75, 3.05) is 6.61 Å². The Hall–Kier alpha value is -0.790. The lowest BCUT2D eigenvalue weighted by Crippen LogP contribution is -2.13. The molecule has 0 aliphatic heterocycles. The third-order valence-electron chi connectivity index (χ3n) is 2.68. The zero-order chi connectivity index (χ0) is 10.6. The van der Waals surface area contributed by atoms with Crippen LogP contribution in [0.2, 0.25) is 0 Å². The van der Waals surface area contributed by atoms with Gasteiger partial charge in [0.15, 0.2) is 0 Å². The van der Waals surface area contributed by atoms with Crippen LogP contribution in [0, 0.1) is 11.8 Å². The van der Waals surface area contributed by atoms with Crippen molar-refractivity contribution in [3.05, 3.63) is 11.6 Å². The van der Waals surface area contributed by atoms with Gasteiger partial charge in [0, 0.05) is 6.92 Å². The maximum Gasteiger partial charge on any atom is 0.302 e. The Balaban J connectivity index is 2.38. The Kier molecular flexibility index (Phi) is 4.18. The molecule has 2 nitrogen and oxygen atoms in total. The van der Waals surface area contributed by atoms with Gasteiger partial charge >= 0.3 is 5.97 Å². The molecule has 0 radical (unpaired) electrons. The fraction of sp³-hybridized carbons (Fsp3) is 0.750. The summed E-state index contributed by atoms with van der Waals surface area (Å²) in [5.41, 5.74) is 1.46. The Morgan fingerprint density at radius 1 is 1.43 bits per heavy atom. The molecule has 1 rings (SSSR count). The van der Waals surface area contributed by atoms with Gasteiger partial charge in [-0.1, -0.05) is 19.4 Å². The van der Waals surface area contributed by atoms with E-state index in [0.717, 1.165) is 11.8 Å². The molecule has 2 unspecified atom stereocenters. The van der Waals surface area contributed by atoms with E-state index in [2.05, 4.69) is 19.9 Å². The summed E-state index contributed by atoms with van der Waals surface area (Å²) in [6.45, 7) is 6.47. The molecule has 0 aromatic rings. The Morgan fingerprint density at radius 2 is 2.00 bits per heavy atom. The number of rotatable bonds is 2. The summed E-state index contributed by atoms with van der Waals surface area (Å²) >= 11 is 0. The number of ether oxygens (including phenoxy) is 1. The summed E-state index contributed by atoms with van der Waals surface area (Å²) in [7, 11) is 0. The quantitative estimate of drug-likeness (QED) is 0.501. The van der Waals surface area contributed by atoms with Gasteiger partial charge in [-0.05, 0) is 37.2 Å². The minimum absolute atomic E-state index is 0.196. The van der Waals surface area contributed by atoms with Gasteiger partial charge in [-0.25, -0.2) is 0 Å². The average Bonchev–Trinajstić information content (AvgIpc) is 2.01. The van der Waals surface area contributed by atoms with Crippen molar-refractivity contribution < 1.29 is 9.53 Å². The van der Waals surface area contributed by atoms with Crippen LogP contribution in [0.25, 0.3) is 0 Å². The minimum atomic E-state index is -0.196. The predicted octanol–water partition coefficient (Wildman–Crippen LogP) is 2.93. The maximum atomic E-state index is 10.6. The maximum absolute atomic E-state index is 10.6. The van der Waals surface area contributed by atoms with Gasteiger partial charge in [0.1, 0.15) is 6.61 Å². The molecule has 0 spiro atoms. The number of hydrogen-bond acceptors (Lipinski definition) is 2. The fourth-order valence-electron chi connectivity index (χ4n) is 2.28. The second kappa shape index (κ2) is 5.18. The number of carbonyl (C=O) groups is 1. The van der Waals surface area contributed by atoms with Crippen molar-refractivity contribution >= 4 is 5.97 Å². The van der Waals surface area contributed by atoms with Crippen LogP contribution in [0.4, 0.5) is 0 Å². The van der Waals surface area contributed by atoms with Crippen molar-refractivity contribution in [2.45, 2.75) is 40.0 Å². The summed E-state index contributed by atoms with van der Waals surface area (Å²) < 4.78 is 4.90. The molecule has 0 bridgehead atoms. The molecule has 0 heterocycles. The van der Waals surface area contributed by atoms with Gasteiger partial charge in [-0.2, -0.15) is 0 Å². The van der Waals surface area contributed by atoms with Crippen molar-refractivity contribution in [2.24, 2.45) is 11.8 Å². The zero-order valence-electron chi connectivity index (χ0n) is 9.38. The standard InChI is InChI=1S/C12H20O2/c1-9-6-10(2)8-12(7-9)4-5-14-11(3)13/h4,9-10H,5-8H2,1-3H3. The summed E-state index contributed by atoms with van der Waals surface area (Å²) in [5, 5.41) is 0. The largest absolute Gasteiger partial charge is 0.462 e. The highest BCUT2D eigenvalue weighted by atomic mass is 16.5. The molecule has 0 N–H and O–H groups in total. The number of esters is 1. The van der Waals surface area contributed by atoms with Crippen LogP contribution in [0.3, 0.4) is 0 Å². The summed E-state index contributed by atoms with van der Waals surface area (Å²) in [4.78, 5) is 10.6. The normalized spacial score (nSPS) is 27.2. The SMILES string of the molecule is CC(=O)OCC=C1CC(C)CC(C)C1. The van der Waals surface area contributed by atoms with Gasteiger partial charge in [0.2, 0.25) is 0 Å². The molecule has 2 atom stereocenters. The first kappa shape index (κ1) is 11.3. The molecule has 1 aliphatic carbocycles. The third kappa shape index (κ3) is 3.95. The van der Waals surface area contributed by atoms with Crippen LogP contribution in [0.15, 0.2) is 11.6 Å². The van der Waals surface area contributed by atoms with Crippen LogP contribution in [0.5, 0.6) is 0 Å². The average molecular weight is 196 g/mol. The van der Waals surface area contributed by atoms with Gasteiger partial charge in [0.05, 0.1) is 0 Å². The topological polar surface area (TPSA) is 26.3 Å². The molecule has 0 aromatic heterocycles. The van der Waals surface area contributed by atoms with E-state index in [1.807, 2.05) is 0 Å². The highest BCUT2D eigenvalue weighted by molar-refractivity contribution is 5.66. The van der Waals surface area contributed by atoms with E-state index in [4.69, 9.17) is 4.74 Å². The first-order valence-electron chi connectivity index (χ1n) is 5.39. The molecule has 1 aliphatic rings. The predicted molar refractivity (Wildman–Crippen MR) is 56.9 cm³/mol. The van der Waals surface area contributed by atoms with Gasteiger partial charge in [-0.15, -0.1) is 0 Å². The molecule has 80 valence electrons. The van der Waals surface area contributed by atoms with Crippen LogP contribution < -0.4 is 0 Å². The molecule has 2 heteroatoms. The van der Waals surface area contributed by atoms with Crippen molar-refractivity contribution in [3.8, 4) is 0 Å². The second-order valence-electron chi connectivity index (χ2n) is 4.52. The van der Waals surface area contributed by atoms with E-state index in [0.29, 0.717) is 6.61 Å². The molecule has 1 fully saturated rings. The molecule has 0 aromatic carbocycles. The minimum Gasteiger partial charge on any atom is -0.462 e. The zero-order valence-corrected chi connectivity index (χ0v) is 9.38. The van der Waals surface area contributed by atoms with E-state index < -0.39 is 0 Å². The number of allylic oxidation sites excluding steroid dienone is 1. The van der Waals surface area contributed by atoms with E-state index in [1.165, 1.54) is 31.8 Å². The number of carbonyl (C=O) groups excluding carboxylic acids is 1. The first-order chi connectivity index (χ1) is 6.58. The Morgan fingerprint density at radius 3 is 2.50 bits per heavy atom. The van der Waals surface area contributed by atoms with E-state index in [1.54, 1.807) is 0 Å². The summed E-state index contributed by atoms with van der Waals surface area (Å²) in [6.07, 6.45) is 5.75. The van der Waals surface area contributed by atoms with Crippen molar-refractivity contribution in [1.82, 2.24) is 0 Å². The summed E-state index contributed by atoms with van der Waals surface area (Å²) in [6, 6.07) is 0. The molecule has 1 saturated carbocycles. The third-order valence-corrected chi connectivity index (χ3v) is 2.68. The molecular formula is C12H20O2. The van der Waals surface area contributed by atoms with Crippen LogP contribution in [0.1, 0.15) is 40.0 Å². The van der Waals surface area contributed by atoms with Crippen LogP contribution in [-0.4, -0.2) is 12.6 Å². The van der Waals surface area contributed by atoms with E-state index in [-0.39, 0.29) is 5.97 Å². The van der Waals surface area contributed by atoms with Gasteiger partial charge < -0.3 is 4.74 Å².